The number of alkyl carbamates (subject to hydrolysis) is 1. The van der Waals surface area contributed by atoms with Crippen LogP contribution in [0.1, 0.15) is 51.8 Å². The maximum atomic E-state index is 12.6. The first-order chi connectivity index (χ1) is 16.1. The first-order valence-electron chi connectivity index (χ1n) is 11.0. The van der Waals surface area contributed by atoms with E-state index in [0.29, 0.717) is 29.9 Å². The van der Waals surface area contributed by atoms with Crippen LogP contribution >= 0.6 is 0 Å². The Morgan fingerprint density at radius 1 is 1.12 bits per heavy atom. The molecule has 9 heteroatoms. The number of fused-ring (bicyclic) bond motifs is 4. The van der Waals surface area contributed by atoms with E-state index in [1.54, 1.807) is 45.2 Å². The van der Waals surface area contributed by atoms with E-state index in [0.717, 1.165) is 11.1 Å². The molecular formula is C25H30N4O5. The summed E-state index contributed by atoms with van der Waals surface area (Å²) in [5, 5.41) is 8.45. The van der Waals surface area contributed by atoms with Gasteiger partial charge in [0.1, 0.15) is 5.60 Å². The van der Waals surface area contributed by atoms with Gasteiger partial charge in [-0.3, -0.25) is 15.1 Å². The molecule has 0 aliphatic carbocycles. The van der Waals surface area contributed by atoms with Gasteiger partial charge in [-0.05, 0) is 63.4 Å². The topological polar surface area (TPSA) is 119 Å². The molecular weight excluding hydrogens is 436 g/mol. The number of carbonyl (C=O) groups is 3. The molecule has 2 bridgehead atoms. The number of rotatable bonds is 2. The molecule has 3 rings (SSSR count). The fraction of sp³-hybridized carbons (Fsp3) is 0.360. The molecule has 1 unspecified atom stereocenters. The van der Waals surface area contributed by atoms with E-state index < -0.39 is 23.8 Å². The molecule has 0 spiro atoms. The van der Waals surface area contributed by atoms with E-state index >= 15 is 0 Å². The molecule has 2 heterocycles. The van der Waals surface area contributed by atoms with Crippen LogP contribution in [-0.2, 0) is 14.3 Å². The molecule has 2 aromatic rings. The molecule has 1 aliphatic rings. The lowest BCUT2D eigenvalue weighted by Gasteiger charge is -2.23. The number of pyridine rings is 1. The molecule has 0 fully saturated rings. The zero-order valence-electron chi connectivity index (χ0n) is 19.8. The van der Waals surface area contributed by atoms with Crippen molar-refractivity contribution in [2.75, 3.05) is 17.7 Å². The Kier molecular flexibility index (Phi) is 7.88. The maximum Gasteiger partial charge on any atom is 0.411 e. The lowest BCUT2D eigenvalue weighted by atomic mass is 10.0. The predicted molar refractivity (Wildman–Crippen MR) is 129 cm³/mol. The highest BCUT2D eigenvalue weighted by Crippen LogP contribution is 2.33. The van der Waals surface area contributed by atoms with Crippen molar-refractivity contribution in [1.82, 2.24) is 10.3 Å². The number of amides is 3. The molecule has 1 atom stereocenters. The van der Waals surface area contributed by atoms with Crippen LogP contribution in [0.15, 0.2) is 48.7 Å². The second-order valence-corrected chi connectivity index (χ2v) is 8.84. The summed E-state index contributed by atoms with van der Waals surface area (Å²) in [6.45, 7) is 5.42. The van der Waals surface area contributed by atoms with Crippen LogP contribution < -0.4 is 16.0 Å². The summed E-state index contributed by atoms with van der Waals surface area (Å²) in [7, 11) is 1.28. The lowest BCUT2D eigenvalue weighted by molar-refractivity contribution is -0.116. The average Bonchev–Trinajstić information content (AvgIpc) is 2.77. The number of nitrogens with zero attached hydrogens (tertiary/aromatic N) is 1. The van der Waals surface area contributed by atoms with Crippen LogP contribution in [0.2, 0.25) is 0 Å². The highest BCUT2D eigenvalue weighted by molar-refractivity contribution is 5.97. The highest BCUT2D eigenvalue weighted by atomic mass is 16.6. The van der Waals surface area contributed by atoms with Gasteiger partial charge in [-0.1, -0.05) is 18.2 Å². The minimum Gasteiger partial charge on any atom is -0.453 e. The largest absolute Gasteiger partial charge is 0.453 e. The van der Waals surface area contributed by atoms with Crippen molar-refractivity contribution in [1.29, 1.82) is 0 Å². The molecule has 3 N–H and O–H groups in total. The Morgan fingerprint density at radius 3 is 2.65 bits per heavy atom. The van der Waals surface area contributed by atoms with Gasteiger partial charge in [0.25, 0.3) is 0 Å². The number of nitrogens with one attached hydrogen (secondary N) is 3. The average molecular weight is 467 g/mol. The van der Waals surface area contributed by atoms with Gasteiger partial charge >= 0.3 is 12.2 Å². The first kappa shape index (κ1) is 24.8. The van der Waals surface area contributed by atoms with Gasteiger partial charge in [0.15, 0.2) is 0 Å². The van der Waals surface area contributed by atoms with E-state index in [1.807, 2.05) is 24.3 Å². The standard InChI is InChI=1S/C25H30N4O5/c1-25(2,3)34-24(32)29-19-8-6-5-7-9-22(30)28-20-15-17(27-23(31)33-4)10-11-18(20)16-12-13-26-21(19)14-16/h5-6,10-15,19H,7-9H2,1-4H3,(H,27,31)(H,28,30)(H,29,32). The molecule has 0 radical (unpaired) electrons. The second kappa shape index (κ2) is 10.8. The van der Waals surface area contributed by atoms with Crippen molar-refractivity contribution in [3.05, 3.63) is 54.4 Å². The number of aromatic nitrogens is 1. The van der Waals surface area contributed by atoms with Crippen molar-refractivity contribution in [2.24, 2.45) is 0 Å². The zero-order chi connectivity index (χ0) is 24.7. The van der Waals surface area contributed by atoms with Crippen LogP contribution in [0.3, 0.4) is 0 Å². The molecule has 9 nitrogen and oxygen atoms in total. The van der Waals surface area contributed by atoms with E-state index in [1.165, 1.54) is 7.11 Å². The van der Waals surface area contributed by atoms with Gasteiger partial charge in [-0.15, -0.1) is 0 Å². The molecule has 34 heavy (non-hydrogen) atoms. The number of anilines is 2. The molecule has 0 saturated heterocycles. The van der Waals surface area contributed by atoms with Crippen LogP contribution in [0.25, 0.3) is 11.1 Å². The van der Waals surface area contributed by atoms with Crippen molar-refractivity contribution >= 4 is 29.5 Å². The van der Waals surface area contributed by atoms with Crippen molar-refractivity contribution in [3.8, 4) is 11.1 Å². The highest BCUT2D eigenvalue weighted by Gasteiger charge is 2.22. The van der Waals surface area contributed by atoms with E-state index in [9.17, 15) is 14.4 Å². The normalized spacial score (nSPS) is 16.0. The zero-order valence-corrected chi connectivity index (χ0v) is 19.8. The third-order valence-corrected chi connectivity index (χ3v) is 4.94. The fourth-order valence-corrected chi connectivity index (χ4v) is 3.43. The molecule has 180 valence electrons. The molecule has 1 aromatic carbocycles. The van der Waals surface area contributed by atoms with E-state index in [4.69, 9.17) is 4.74 Å². The van der Waals surface area contributed by atoms with Crippen LogP contribution in [0.4, 0.5) is 21.0 Å². The summed E-state index contributed by atoms with van der Waals surface area (Å²) in [4.78, 5) is 41.1. The van der Waals surface area contributed by atoms with Crippen LogP contribution in [0, 0.1) is 0 Å². The molecule has 1 aliphatic heterocycles. The van der Waals surface area contributed by atoms with Crippen molar-refractivity contribution in [2.45, 2.75) is 51.7 Å². The number of allylic oxidation sites excluding steroid dienone is 1. The van der Waals surface area contributed by atoms with Gasteiger partial charge in [-0.2, -0.15) is 0 Å². The summed E-state index contributed by atoms with van der Waals surface area (Å²) < 4.78 is 10.1. The fourth-order valence-electron chi connectivity index (χ4n) is 3.43. The maximum absolute atomic E-state index is 12.6. The lowest BCUT2D eigenvalue weighted by Crippen LogP contribution is -2.35. The molecule has 3 amide bonds. The SMILES string of the molecule is COC(=O)Nc1ccc2c(c1)NC(=O)CCC=CCC(NC(=O)OC(C)(C)C)c1cc-2ccn1. The van der Waals surface area contributed by atoms with Crippen LogP contribution in [0.5, 0.6) is 0 Å². The smallest absolute Gasteiger partial charge is 0.411 e. The minimum atomic E-state index is -0.626. The predicted octanol–water partition coefficient (Wildman–Crippen LogP) is 5.17. The Morgan fingerprint density at radius 2 is 1.91 bits per heavy atom. The van der Waals surface area contributed by atoms with Crippen molar-refractivity contribution in [3.63, 3.8) is 0 Å². The second-order valence-electron chi connectivity index (χ2n) is 8.84. The van der Waals surface area contributed by atoms with Gasteiger partial charge in [0, 0.05) is 23.9 Å². The number of carbonyl (C=O) groups excluding carboxylic acids is 3. The van der Waals surface area contributed by atoms with Gasteiger partial charge in [0.05, 0.1) is 24.5 Å². The third-order valence-electron chi connectivity index (χ3n) is 4.94. The summed E-state index contributed by atoms with van der Waals surface area (Å²) in [5.74, 6) is -0.155. The number of hydrogen-bond donors (Lipinski definition) is 3. The molecule has 1 aromatic heterocycles. The number of ether oxygens (including phenoxy) is 2. The Hall–Kier alpha value is -3.88. The Bertz CT molecular complexity index is 1090. The van der Waals surface area contributed by atoms with E-state index in [2.05, 4.69) is 25.7 Å². The number of methoxy groups -OCH3 is 1. The van der Waals surface area contributed by atoms with E-state index in [-0.39, 0.29) is 12.3 Å². The summed E-state index contributed by atoms with van der Waals surface area (Å²) in [6, 6.07) is 8.47. The Labute approximate surface area is 198 Å². The number of benzene rings is 1. The Balaban J connectivity index is 2.00. The third kappa shape index (κ3) is 7.06. The van der Waals surface area contributed by atoms with Crippen molar-refractivity contribution < 1.29 is 23.9 Å². The minimum absolute atomic E-state index is 0.155. The summed E-state index contributed by atoms with van der Waals surface area (Å²) in [6.07, 6.45) is 5.65. The monoisotopic (exact) mass is 466 g/mol. The first-order valence-corrected chi connectivity index (χ1v) is 11.0. The molecule has 0 saturated carbocycles. The van der Waals surface area contributed by atoms with Gasteiger partial charge in [0.2, 0.25) is 5.91 Å². The summed E-state index contributed by atoms with van der Waals surface area (Å²) in [5.41, 5.74) is 2.59. The van der Waals surface area contributed by atoms with Gasteiger partial charge in [-0.25, -0.2) is 9.59 Å². The van der Waals surface area contributed by atoms with Crippen LogP contribution in [-0.4, -0.2) is 35.8 Å². The quantitative estimate of drug-likeness (QED) is 0.525. The van der Waals surface area contributed by atoms with Gasteiger partial charge < -0.3 is 20.1 Å². The summed E-state index contributed by atoms with van der Waals surface area (Å²) >= 11 is 0. The number of hydrogen-bond acceptors (Lipinski definition) is 6.